The minimum atomic E-state index is -0.780. The molecule has 0 aliphatic heterocycles. The van der Waals surface area contributed by atoms with E-state index < -0.39 is 6.10 Å². The second kappa shape index (κ2) is 65.9. The fourth-order valence-electron chi connectivity index (χ4n) is 10.1. The Bertz CT molecular complexity index is 1330. The number of ether oxygens (including phenoxy) is 3. The summed E-state index contributed by atoms with van der Waals surface area (Å²) in [7, 11) is 0. The van der Waals surface area contributed by atoms with Gasteiger partial charge >= 0.3 is 17.9 Å². The quantitative estimate of drug-likeness (QED) is 0.0261. The first-order valence-electron chi connectivity index (χ1n) is 34.1. The van der Waals surface area contributed by atoms with E-state index in [0.29, 0.717) is 19.3 Å². The highest BCUT2D eigenvalue weighted by Crippen LogP contribution is 2.18. The minimum absolute atomic E-state index is 0.0761. The van der Waals surface area contributed by atoms with E-state index in [1.54, 1.807) is 0 Å². The summed E-state index contributed by atoms with van der Waals surface area (Å²) in [5.74, 6) is -0.874. The molecule has 0 heterocycles. The van der Waals surface area contributed by atoms with Crippen LogP contribution in [0.1, 0.15) is 367 Å². The highest BCUT2D eigenvalue weighted by Gasteiger charge is 2.19. The summed E-state index contributed by atoms with van der Waals surface area (Å²) in [5.41, 5.74) is 0. The predicted molar refractivity (Wildman–Crippen MR) is 335 cm³/mol. The zero-order chi connectivity index (χ0) is 55.7. The van der Waals surface area contributed by atoms with Gasteiger partial charge in [-0.15, -0.1) is 0 Å². The maximum Gasteiger partial charge on any atom is 0.306 e. The minimum Gasteiger partial charge on any atom is -0.462 e. The molecule has 0 rings (SSSR count). The summed E-state index contributed by atoms with van der Waals surface area (Å²) < 4.78 is 16.9. The van der Waals surface area contributed by atoms with E-state index in [2.05, 4.69) is 69.4 Å². The van der Waals surface area contributed by atoms with Crippen molar-refractivity contribution in [3.05, 3.63) is 48.6 Å². The van der Waals surface area contributed by atoms with Gasteiger partial charge in [0, 0.05) is 19.3 Å². The molecule has 0 amide bonds. The number of hydrogen-bond acceptors (Lipinski definition) is 6. The van der Waals surface area contributed by atoms with Crippen molar-refractivity contribution in [2.24, 2.45) is 0 Å². The van der Waals surface area contributed by atoms with Gasteiger partial charge in [0.25, 0.3) is 0 Å². The first kappa shape index (κ1) is 74.4. The number of allylic oxidation sites excluding steroid dienone is 8. The van der Waals surface area contributed by atoms with E-state index >= 15 is 0 Å². The maximum absolute atomic E-state index is 12.9. The van der Waals surface area contributed by atoms with Gasteiger partial charge in [0.2, 0.25) is 0 Å². The lowest BCUT2D eigenvalue weighted by atomic mass is 10.0. The van der Waals surface area contributed by atoms with Crippen molar-refractivity contribution in [1.82, 2.24) is 0 Å². The van der Waals surface area contributed by atoms with Crippen LogP contribution in [-0.2, 0) is 28.6 Å². The van der Waals surface area contributed by atoms with Gasteiger partial charge in [0.1, 0.15) is 13.2 Å². The molecular weight excluding hydrogens is 949 g/mol. The second-order valence-corrected chi connectivity index (χ2v) is 23.1. The monoisotopic (exact) mass is 1080 g/mol. The highest BCUT2D eigenvalue weighted by atomic mass is 16.6. The van der Waals surface area contributed by atoms with Crippen molar-refractivity contribution in [2.75, 3.05) is 13.2 Å². The Morgan fingerprint density at radius 1 is 0.260 bits per heavy atom. The smallest absolute Gasteiger partial charge is 0.306 e. The summed E-state index contributed by atoms with van der Waals surface area (Å²) in [4.78, 5) is 38.3. The molecule has 0 saturated carbocycles. The number of hydrogen-bond donors (Lipinski definition) is 0. The average molecular weight is 1080 g/mol. The molecule has 6 heteroatoms. The lowest BCUT2D eigenvalue weighted by Gasteiger charge is -2.18. The molecule has 0 bridgehead atoms. The first-order valence-corrected chi connectivity index (χ1v) is 34.1. The number of carbonyl (C=O) groups excluding carboxylic acids is 3. The maximum atomic E-state index is 12.9. The Hall–Kier alpha value is -2.63. The third-order valence-corrected chi connectivity index (χ3v) is 15.3. The summed E-state index contributed by atoms with van der Waals surface area (Å²) in [6.45, 7) is 6.61. The third-order valence-electron chi connectivity index (χ3n) is 15.3. The molecule has 0 aliphatic carbocycles. The molecule has 0 saturated heterocycles. The van der Waals surface area contributed by atoms with Crippen LogP contribution in [0.5, 0.6) is 0 Å². The molecule has 450 valence electrons. The van der Waals surface area contributed by atoms with Crippen molar-refractivity contribution in [3.63, 3.8) is 0 Å². The van der Waals surface area contributed by atoms with Crippen LogP contribution in [0.4, 0.5) is 0 Å². The average Bonchev–Trinajstić information content (AvgIpc) is 3.43. The Balaban J connectivity index is 4.19. The lowest BCUT2D eigenvalue weighted by Crippen LogP contribution is -2.30. The van der Waals surface area contributed by atoms with Gasteiger partial charge < -0.3 is 14.2 Å². The van der Waals surface area contributed by atoms with Gasteiger partial charge in [-0.1, -0.05) is 301 Å². The van der Waals surface area contributed by atoms with Crippen LogP contribution in [0.2, 0.25) is 0 Å². The lowest BCUT2D eigenvalue weighted by molar-refractivity contribution is -0.167. The van der Waals surface area contributed by atoms with Crippen LogP contribution < -0.4 is 0 Å². The fourth-order valence-corrected chi connectivity index (χ4v) is 10.1. The molecule has 1 atom stereocenters. The normalized spacial score (nSPS) is 12.3. The molecule has 1 unspecified atom stereocenters. The zero-order valence-corrected chi connectivity index (χ0v) is 51.7. The zero-order valence-electron chi connectivity index (χ0n) is 51.7. The molecule has 0 aromatic rings. The van der Waals surface area contributed by atoms with Gasteiger partial charge in [-0.3, -0.25) is 14.4 Å². The summed E-state index contributed by atoms with van der Waals surface area (Å²) >= 11 is 0. The first-order chi connectivity index (χ1) is 38.0. The molecule has 6 nitrogen and oxygen atoms in total. The van der Waals surface area contributed by atoms with E-state index in [4.69, 9.17) is 14.2 Å². The number of rotatable bonds is 63. The Kier molecular flexibility index (Phi) is 63.6. The van der Waals surface area contributed by atoms with Gasteiger partial charge in [-0.2, -0.15) is 0 Å². The highest BCUT2D eigenvalue weighted by molar-refractivity contribution is 5.71. The van der Waals surface area contributed by atoms with Crippen LogP contribution in [0.15, 0.2) is 48.6 Å². The Labute approximate surface area is 479 Å². The van der Waals surface area contributed by atoms with Gasteiger partial charge in [-0.05, 0) is 96.3 Å². The number of esters is 3. The van der Waals surface area contributed by atoms with E-state index in [1.165, 1.54) is 244 Å². The van der Waals surface area contributed by atoms with Crippen LogP contribution in [0.3, 0.4) is 0 Å². The largest absolute Gasteiger partial charge is 0.462 e. The molecule has 77 heavy (non-hydrogen) atoms. The molecule has 0 radical (unpaired) electrons. The summed E-state index contributed by atoms with van der Waals surface area (Å²) in [6, 6.07) is 0. The molecule has 0 N–H and O–H groups in total. The summed E-state index contributed by atoms with van der Waals surface area (Å²) in [6.07, 6.45) is 82.8. The number of carbonyl (C=O) groups is 3. The van der Waals surface area contributed by atoms with Crippen molar-refractivity contribution in [1.29, 1.82) is 0 Å². The van der Waals surface area contributed by atoms with E-state index in [1.807, 2.05) is 0 Å². The Morgan fingerprint density at radius 2 is 0.494 bits per heavy atom. The second-order valence-electron chi connectivity index (χ2n) is 23.1. The molecular formula is C71H130O6. The van der Waals surface area contributed by atoms with Crippen LogP contribution in [0, 0.1) is 0 Å². The molecule has 0 fully saturated rings. The van der Waals surface area contributed by atoms with Crippen molar-refractivity contribution >= 4 is 17.9 Å². The predicted octanol–water partition coefficient (Wildman–Crippen LogP) is 23.3. The van der Waals surface area contributed by atoms with Gasteiger partial charge in [0.15, 0.2) is 6.10 Å². The summed E-state index contributed by atoms with van der Waals surface area (Å²) in [5, 5.41) is 0. The SMILES string of the molecule is CCC/C=C\C/C=C\CCCCCCCC(=O)OCC(COC(=O)CCCCCCCCCCCCCCCCCCC/C=C\CCCCCCCCCC)OC(=O)CCCCCCCCC/C=C\CCCCCCCC. The molecule has 0 aromatic carbocycles. The molecule has 0 aromatic heterocycles. The van der Waals surface area contributed by atoms with E-state index in [-0.39, 0.29) is 31.1 Å². The van der Waals surface area contributed by atoms with Crippen molar-refractivity contribution < 1.29 is 28.6 Å². The van der Waals surface area contributed by atoms with E-state index in [0.717, 1.165) is 83.5 Å². The topological polar surface area (TPSA) is 78.9 Å². The van der Waals surface area contributed by atoms with E-state index in [9.17, 15) is 14.4 Å². The number of unbranched alkanes of at least 4 members (excludes halogenated alkanes) is 44. The Morgan fingerprint density at radius 3 is 0.779 bits per heavy atom. The fraction of sp³-hybridized carbons (Fsp3) is 0.845. The van der Waals surface area contributed by atoms with Crippen LogP contribution >= 0.6 is 0 Å². The van der Waals surface area contributed by atoms with Crippen molar-refractivity contribution in [3.8, 4) is 0 Å². The molecule has 0 aliphatic rings. The third kappa shape index (κ3) is 64.1. The van der Waals surface area contributed by atoms with Crippen LogP contribution in [-0.4, -0.2) is 37.2 Å². The standard InChI is InChI=1S/C71H130O6/c1-4-7-10-13-16-19-22-25-27-29-30-31-32-33-34-35-36-37-38-39-40-42-43-46-49-52-55-58-61-64-70(73)76-67-68(66-75-69(72)63-60-57-54-51-48-45-24-21-18-15-12-9-6-3)77-71(74)65-62-59-56-53-50-47-44-41-28-26-23-20-17-14-11-8-5-2/h12,15,21,24,26,28-30,68H,4-11,13-14,16-20,22-23,25,27,31-67H2,1-3H3/b15-12-,24-21-,28-26-,30-29-. The molecule has 0 spiro atoms. The van der Waals surface area contributed by atoms with Gasteiger partial charge in [-0.25, -0.2) is 0 Å². The van der Waals surface area contributed by atoms with Crippen molar-refractivity contribution in [2.45, 2.75) is 374 Å². The van der Waals surface area contributed by atoms with Gasteiger partial charge in [0.05, 0.1) is 0 Å². The van der Waals surface area contributed by atoms with Crippen LogP contribution in [0.25, 0.3) is 0 Å².